The van der Waals surface area contributed by atoms with Crippen molar-refractivity contribution in [2.45, 2.75) is 44.3 Å². The van der Waals surface area contributed by atoms with E-state index in [0.717, 1.165) is 30.7 Å². The van der Waals surface area contributed by atoms with E-state index in [4.69, 9.17) is 4.74 Å². The predicted octanol–water partition coefficient (Wildman–Crippen LogP) is 4.96. The molecule has 0 unspecified atom stereocenters. The van der Waals surface area contributed by atoms with Crippen molar-refractivity contribution >= 4 is 28.1 Å². The molecular weight excluding hydrogens is 361 g/mol. The second-order valence-corrected chi connectivity index (χ2v) is 7.87. The number of nitrogens with one attached hydrogen (secondary N) is 2. The topological polar surface area (TPSA) is 46.2 Å². The van der Waals surface area contributed by atoms with Crippen molar-refractivity contribution in [1.82, 2.24) is 10.3 Å². The smallest absolute Gasteiger partial charge is 0.132 e. The SMILES string of the molecule is COc1cc(N[C@H]2CCC[C@H](NCc3ccsc3)C2)nc2ccc(F)cc12. The molecule has 6 heteroatoms. The number of aromatic nitrogens is 1. The molecule has 0 spiro atoms. The number of ether oxygens (including phenoxy) is 1. The monoisotopic (exact) mass is 385 g/mol. The first kappa shape index (κ1) is 18.2. The quantitative estimate of drug-likeness (QED) is 0.630. The first-order chi connectivity index (χ1) is 13.2. The Morgan fingerprint density at radius 3 is 2.93 bits per heavy atom. The van der Waals surface area contributed by atoms with Gasteiger partial charge >= 0.3 is 0 Å². The Bertz CT molecular complexity index is 900. The summed E-state index contributed by atoms with van der Waals surface area (Å²) < 4.78 is 19.0. The van der Waals surface area contributed by atoms with E-state index < -0.39 is 0 Å². The normalized spacial score (nSPS) is 19.9. The Hall–Kier alpha value is -2.18. The highest BCUT2D eigenvalue weighted by Gasteiger charge is 2.22. The molecule has 27 heavy (non-hydrogen) atoms. The maximum atomic E-state index is 13.5. The molecule has 1 aliphatic rings. The van der Waals surface area contributed by atoms with Gasteiger partial charge in [0.1, 0.15) is 17.4 Å². The molecular formula is C21H24FN3OS. The largest absolute Gasteiger partial charge is 0.496 e. The number of anilines is 1. The third-order valence-electron chi connectivity index (χ3n) is 5.15. The van der Waals surface area contributed by atoms with Crippen LogP contribution in [0.15, 0.2) is 41.1 Å². The van der Waals surface area contributed by atoms with Gasteiger partial charge in [0.25, 0.3) is 0 Å². The number of halogens is 1. The molecule has 0 saturated heterocycles. The van der Waals surface area contributed by atoms with Crippen molar-refractivity contribution in [2.75, 3.05) is 12.4 Å². The van der Waals surface area contributed by atoms with Crippen LogP contribution >= 0.6 is 11.3 Å². The number of fused-ring (bicyclic) bond motifs is 1. The molecule has 4 nitrogen and oxygen atoms in total. The zero-order valence-electron chi connectivity index (χ0n) is 15.4. The average molecular weight is 386 g/mol. The molecule has 1 saturated carbocycles. The molecule has 3 aromatic rings. The molecule has 142 valence electrons. The third-order valence-corrected chi connectivity index (χ3v) is 5.89. The Labute approximate surface area is 162 Å². The lowest BCUT2D eigenvalue weighted by molar-refractivity contribution is 0.350. The van der Waals surface area contributed by atoms with E-state index in [1.54, 1.807) is 24.5 Å². The Balaban J connectivity index is 1.44. The van der Waals surface area contributed by atoms with E-state index in [-0.39, 0.29) is 5.82 Å². The summed E-state index contributed by atoms with van der Waals surface area (Å²) in [5, 5.41) is 12.2. The summed E-state index contributed by atoms with van der Waals surface area (Å²) >= 11 is 1.74. The standard InChI is InChI=1S/C21H24FN3OS/c1-26-20-11-21(25-19-6-5-15(22)9-18(19)20)24-17-4-2-3-16(10-17)23-12-14-7-8-27-13-14/h5-9,11,13,16-17,23H,2-4,10,12H2,1H3,(H,24,25)/t16-,17-/m0/s1. The number of methoxy groups -OCH3 is 1. The predicted molar refractivity (Wildman–Crippen MR) is 109 cm³/mol. The molecule has 2 N–H and O–H groups in total. The van der Waals surface area contributed by atoms with Crippen molar-refractivity contribution in [2.24, 2.45) is 0 Å². The van der Waals surface area contributed by atoms with Gasteiger partial charge in [0, 0.05) is 30.1 Å². The summed E-state index contributed by atoms with van der Waals surface area (Å²) in [7, 11) is 1.61. The van der Waals surface area contributed by atoms with Gasteiger partial charge in [-0.15, -0.1) is 0 Å². The summed E-state index contributed by atoms with van der Waals surface area (Å²) in [5.74, 6) is 1.15. The van der Waals surface area contributed by atoms with Crippen LogP contribution in [0.1, 0.15) is 31.2 Å². The molecule has 0 radical (unpaired) electrons. The highest BCUT2D eigenvalue weighted by molar-refractivity contribution is 7.07. The van der Waals surface area contributed by atoms with Crippen LogP contribution in [-0.4, -0.2) is 24.2 Å². The molecule has 2 atom stereocenters. The number of nitrogens with zero attached hydrogens (tertiary/aromatic N) is 1. The van der Waals surface area contributed by atoms with Gasteiger partial charge in [-0.05, 0) is 66.3 Å². The Kier molecular flexibility index (Phi) is 5.55. The first-order valence-electron chi connectivity index (χ1n) is 9.36. The van der Waals surface area contributed by atoms with Crippen molar-refractivity contribution in [3.05, 3.63) is 52.5 Å². The molecule has 0 aliphatic heterocycles. The minimum atomic E-state index is -0.282. The van der Waals surface area contributed by atoms with Crippen LogP contribution in [0.3, 0.4) is 0 Å². The lowest BCUT2D eigenvalue weighted by Crippen LogP contribution is -2.38. The fourth-order valence-electron chi connectivity index (χ4n) is 3.78. The number of thiophene rings is 1. The summed E-state index contributed by atoms with van der Waals surface area (Å²) in [4.78, 5) is 4.65. The second kappa shape index (κ2) is 8.23. The second-order valence-electron chi connectivity index (χ2n) is 7.09. The number of rotatable bonds is 6. The lowest BCUT2D eigenvalue weighted by Gasteiger charge is -2.31. The van der Waals surface area contributed by atoms with Crippen LogP contribution in [0.25, 0.3) is 10.9 Å². The minimum Gasteiger partial charge on any atom is -0.496 e. The number of hydrogen-bond acceptors (Lipinski definition) is 5. The van der Waals surface area contributed by atoms with Gasteiger partial charge in [-0.2, -0.15) is 11.3 Å². The maximum absolute atomic E-state index is 13.5. The van der Waals surface area contributed by atoms with E-state index in [1.165, 1.54) is 30.5 Å². The van der Waals surface area contributed by atoms with Gasteiger partial charge < -0.3 is 15.4 Å². The van der Waals surface area contributed by atoms with Crippen LogP contribution in [0.4, 0.5) is 10.2 Å². The maximum Gasteiger partial charge on any atom is 0.132 e. The van der Waals surface area contributed by atoms with E-state index >= 15 is 0 Å². The summed E-state index contributed by atoms with van der Waals surface area (Å²) in [6, 6.07) is 9.51. The summed E-state index contributed by atoms with van der Waals surface area (Å²) in [6.45, 7) is 0.925. The Morgan fingerprint density at radius 1 is 1.22 bits per heavy atom. The molecule has 1 aliphatic carbocycles. The minimum absolute atomic E-state index is 0.282. The molecule has 1 fully saturated rings. The summed E-state index contributed by atoms with van der Waals surface area (Å²) in [6.07, 6.45) is 4.59. The zero-order valence-corrected chi connectivity index (χ0v) is 16.2. The van der Waals surface area contributed by atoms with Crippen molar-refractivity contribution in [1.29, 1.82) is 0 Å². The van der Waals surface area contributed by atoms with Crippen LogP contribution in [0.2, 0.25) is 0 Å². The fourth-order valence-corrected chi connectivity index (χ4v) is 4.45. The number of pyridine rings is 1. The lowest BCUT2D eigenvalue weighted by atomic mass is 9.91. The van der Waals surface area contributed by atoms with E-state index in [0.29, 0.717) is 23.2 Å². The fraction of sp³-hybridized carbons (Fsp3) is 0.381. The van der Waals surface area contributed by atoms with Gasteiger partial charge in [-0.1, -0.05) is 0 Å². The molecule has 0 amide bonds. The highest BCUT2D eigenvalue weighted by Crippen LogP contribution is 2.30. The van der Waals surface area contributed by atoms with Crippen LogP contribution in [0.5, 0.6) is 5.75 Å². The summed E-state index contributed by atoms with van der Waals surface area (Å²) in [5.41, 5.74) is 2.09. The molecule has 4 rings (SSSR count). The zero-order chi connectivity index (χ0) is 18.6. The number of hydrogen-bond donors (Lipinski definition) is 2. The van der Waals surface area contributed by atoms with Crippen LogP contribution < -0.4 is 15.4 Å². The molecule has 1 aromatic carbocycles. The van der Waals surface area contributed by atoms with Gasteiger partial charge in [0.2, 0.25) is 0 Å². The Morgan fingerprint density at radius 2 is 2.11 bits per heavy atom. The van der Waals surface area contributed by atoms with Crippen molar-refractivity contribution in [3.8, 4) is 5.75 Å². The van der Waals surface area contributed by atoms with Crippen molar-refractivity contribution < 1.29 is 9.13 Å². The van der Waals surface area contributed by atoms with E-state index in [1.807, 2.05) is 6.07 Å². The molecule has 0 bridgehead atoms. The molecule has 2 aromatic heterocycles. The number of benzene rings is 1. The van der Waals surface area contributed by atoms with Crippen molar-refractivity contribution in [3.63, 3.8) is 0 Å². The van der Waals surface area contributed by atoms with Crippen LogP contribution in [0, 0.1) is 5.82 Å². The first-order valence-corrected chi connectivity index (χ1v) is 10.3. The molecule has 2 heterocycles. The highest BCUT2D eigenvalue weighted by atomic mass is 32.1. The average Bonchev–Trinajstić information content (AvgIpc) is 3.20. The van der Waals surface area contributed by atoms with Crippen LogP contribution in [-0.2, 0) is 6.54 Å². The van der Waals surface area contributed by atoms with Gasteiger partial charge in [0.15, 0.2) is 0 Å². The van der Waals surface area contributed by atoms with Gasteiger partial charge in [-0.3, -0.25) is 0 Å². The van der Waals surface area contributed by atoms with Gasteiger partial charge in [0.05, 0.1) is 12.6 Å². The third kappa shape index (κ3) is 4.39. The van der Waals surface area contributed by atoms with E-state index in [2.05, 4.69) is 32.4 Å². The van der Waals surface area contributed by atoms with E-state index in [9.17, 15) is 4.39 Å². The van der Waals surface area contributed by atoms with Gasteiger partial charge in [-0.25, -0.2) is 9.37 Å².